The third kappa shape index (κ3) is 42.0. The van der Waals surface area contributed by atoms with E-state index in [1.165, 1.54) is 173 Å². The van der Waals surface area contributed by atoms with E-state index in [-0.39, 0.29) is 12.5 Å². The Balaban J connectivity index is 0. The monoisotopic (exact) mass is 554 g/mol. The molecule has 0 spiro atoms. The van der Waals surface area contributed by atoms with Gasteiger partial charge in [0.1, 0.15) is 0 Å². The molecule has 3 heteroatoms. The number of amides is 1. The predicted molar refractivity (Wildman–Crippen MR) is 176 cm³/mol. The Morgan fingerprint density at radius 1 is 0.410 bits per heavy atom. The van der Waals surface area contributed by atoms with Crippen LogP contribution >= 0.6 is 0 Å². The fourth-order valence-electron chi connectivity index (χ4n) is 5.29. The molecule has 0 heterocycles. The number of rotatable bonds is 31. The summed E-state index contributed by atoms with van der Waals surface area (Å²) in [7, 11) is 0. The van der Waals surface area contributed by atoms with Crippen LogP contribution in [-0.4, -0.2) is 24.2 Å². The largest absolute Gasteiger partial charge is 0.397 e. The first-order valence-corrected chi connectivity index (χ1v) is 18.1. The second-order valence-electron chi connectivity index (χ2n) is 12.0. The molecule has 0 aromatic heterocycles. The van der Waals surface area contributed by atoms with Gasteiger partial charge < -0.3 is 10.4 Å². The summed E-state index contributed by atoms with van der Waals surface area (Å²) < 4.78 is 0. The van der Waals surface area contributed by atoms with Gasteiger partial charge in [-0.25, -0.2) is 0 Å². The molecule has 0 aromatic rings. The van der Waals surface area contributed by atoms with E-state index < -0.39 is 0 Å². The van der Waals surface area contributed by atoms with Crippen LogP contribution in [0.25, 0.3) is 0 Å². The normalized spacial score (nSPS) is 10.9. The van der Waals surface area contributed by atoms with E-state index in [2.05, 4.69) is 19.2 Å². The van der Waals surface area contributed by atoms with E-state index in [0.717, 1.165) is 25.8 Å². The average Bonchev–Trinajstić information content (AvgIpc) is 2.93. The third-order valence-corrected chi connectivity index (χ3v) is 7.86. The minimum Gasteiger partial charge on any atom is -0.397 e. The number of hydrogen-bond donors (Lipinski definition) is 2. The summed E-state index contributed by atoms with van der Waals surface area (Å²) in [5.74, 6) is 0.277. The molecule has 0 rings (SSSR count). The Kier molecular flexibility index (Phi) is 41.2. The summed E-state index contributed by atoms with van der Waals surface area (Å²) in [6, 6.07) is 0. The Labute approximate surface area is 247 Å². The maximum atomic E-state index is 12.0. The van der Waals surface area contributed by atoms with Crippen LogP contribution in [0.3, 0.4) is 0 Å². The highest BCUT2D eigenvalue weighted by Gasteiger charge is 2.01. The van der Waals surface area contributed by atoms with E-state index in [0.29, 0.717) is 0 Å². The van der Waals surface area contributed by atoms with Gasteiger partial charge in [-0.05, 0) is 19.8 Å². The van der Waals surface area contributed by atoms with E-state index in [1.807, 2.05) is 0 Å². The summed E-state index contributed by atoms with van der Waals surface area (Å²) in [4.78, 5) is 12.0. The van der Waals surface area contributed by atoms with Crippen LogP contribution in [0.5, 0.6) is 0 Å². The summed E-state index contributed by atoms with van der Waals surface area (Å²) in [5.41, 5.74) is 0. The molecular formula is C36H75NO2. The number of carbonyl (C=O) groups is 1. The molecular weight excluding hydrogens is 478 g/mol. The fourth-order valence-corrected chi connectivity index (χ4v) is 5.29. The number of aliphatic hydroxyl groups excluding tert-OH is 1. The minimum absolute atomic E-state index is 0.250. The maximum absolute atomic E-state index is 12.0. The number of carbonyl (C=O) groups excluding carboxylic acids is 1. The Morgan fingerprint density at radius 2 is 0.641 bits per heavy atom. The minimum atomic E-state index is 0.250. The lowest BCUT2D eigenvalue weighted by atomic mass is 10.0. The molecule has 0 fully saturated rings. The van der Waals surface area contributed by atoms with Crippen molar-refractivity contribution in [2.45, 2.75) is 213 Å². The molecule has 236 valence electrons. The van der Waals surface area contributed by atoms with Crippen molar-refractivity contribution in [1.29, 1.82) is 0 Å². The van der Waals surface area contributed by atoms with E-state index in [1.54, 1.807) is 6.92 Å². The molecule has 0 saturated carbocycles. The van der Waals surface area contributed by atoms with Crippen LogP contribution in [0, 0.1) is 0 Å². The number of unbranched alkanes of at least 4 members (excludes halogenated alkanes) is 27. The SMILES string of the molecule is CCCCCCCCCCCCCCCCCCCC(=O)NCCCCCCCCCCCCCC.CCO. The Bertz CT molecular complexity index is 426. The summed E-state index contributed by atoms with van der Waals surface area (Å²) >= 11 is 0. The predicted octanol–water partition coefficient (Wildman–Crippen LogP) is 11.8. The van der Waals surface area contributed by atoms with Gasteiger partial charge in [0.25, 0.3) is 0 Å². The van der Waals surface area contributed by atoms with Gasteiger partial charge in [-0.1, -0.05) is 187 Å². The highest BCUT2D eigenvalue weighted by molar-refractivity contribution is 5.75. The highest BCUT2D eigenvalue weighted by atomic mass is 16.2. The van der Waals surface area contributed by atoms with Crippen molar-refractivity contribution in [2.24, 2.45) is 0 Å². The molecule has 1 amide bonds. The van der Waals surface area contributed by atoms with Gasteiger partial charge in [-0.15, -0.1) is 0 Å². The summed E-state index contributed by atoms with van der Waals surface area (Å²) in [5, 5.41) is 10.7. The molecule has 0 aliphatic heterocycles. The van der Waals surface area contributed by atoms with Crippen LogP contribution in [-0.2, 0) is 4.79 Å². The first kappa shape index (κ1) is 40.6. The molecule has 0 aliphatic rings. The van der Waals surface area contributed by atoms with Gasteiger partial charge in [0.2, 0.25) is 5.91 Å². The van der Waals surface area contributed by atoms with Crippen LogP contribution < -0.4 is 5.32 Å². The number of hydrogen-bond acceptors (Lipinski definition) is 2. The van der Waals surface area contributed by atoms with E-state index >= 15 is 0 Å². The molecule has 0 atom stereocenters. The van der Waals surface area contributed by atoms with Gasteiger partial charge in [-0.2, -0.15) is 0 Å². The summed E-state index contributed by atoms with van der Waals surface area (Å²) in [6.07, 6.45) is 40.8. The smallest absolute Gasteiger partial charge is 0.219 e. The standard InChI is InChI=1S/C34H69NO.C2H6O/c1-3-5-7-9-11-13-15-17-18-19-20-21-22-24-26-28-30-32-34(36)35-33-31-29-27-25-23-16-14-12-10-8-6-4-2;1-2-3/h3-33H2,1-2H3,(H,35,36);3H,2H2,1H3. The van der Waals surface area contributed by atoms with Gasteiger partial charge in [0, 0.05) is 19.6 Å². The van der Waals surface area contributed by atoms with Crippen molar-refractivity contribution in [2.75, 3.05) is 13.2 Å². The Morgan fingerprint density at radius 3 is 0.923 bits per heavy atom. The quantitative estimate of drug-likeness (QED) is 0.0838. The second-order valence-corrected chi connectivity index (χ2v) is 12.0. The zero-order valence-corrected chi connectivity index (χ0v) is 27.5. The molecule has 3 nitrogen and oxygen atoms in total. The number of nitrogens with one attached hydrogen (secondary N) is 1. The van der Waals surface area contributed by atoms with E-state index in [9.17, 15) is 4.79 Å². The van der Waals surface area contributed by atoms with Crippen molar-refractivity contribution in [3.63, 3.8) is 0 Å². The lowest BCUT2D eigenvalue weighted by Gasteiger charge is -2.06. The molecule has 2 N–H and O–H groups in total. The van der Waals surface area contributed by atoms with Crippen molar-refractivity contribution in [3.8, 4) is 0 Å². The zero-order chi connectivity index (χ0) is 28.9. The van der Waals surface area contributed by atoms with Gasteiger partial charge in [0.15, 0.2) is 0 Å². The van der Waals surface area contributed by atoms with Crippen LogP contribution in [0.1, 0.15) is 213 Å². The molecule has 0 saturated heterocycles. The molecule has 39 heavy (non-hydrogen) atoms. The first-order chi connectivity index (χ1) is 19.2. The first-order valence-electron chi connectivity index (χ1n) is 18.1. The fraction of sp³-hybridized carbons (Fsp3) is 0.972. The second kappa shape index (κ2) is 39.6. The third-order valence-electron chi connectivity index (χ3n) is 7.86. The lowest BCUT2D eigenvalue weighted by Crippen LogP contribution is -2.23. The van der Waals surface area contributed by atoms with E-state index in [4.69, 9.17) is 5.11 Å². The molecule has 0 radical (unpaired) electrons. The molecule has 0 bridgehead atoms. The molecule has 0 unspecified atom stereocenters. The van der Waals surface area contributed by atoms with Crippen molar-refractivity contribution >= 4 is 5.91 Å². The van der Waals surface area contributed by atoms with Crippen molar-refractivity contribution < 1.29 is 9.90 Å². The topological polar surface area (TPSA) is 49.3 Å². The van der Waals surface area contributed by atoms with Crippen LogP contribution in [0.2, 0.25) is 0 Å². The molecule has 0 aliphatic carbocycles. The lowest BCUT2D eigenvalue weighted by molar-refractivity contribution is -0.121. The van der Waals surface area contributed by atoms with Crippen LogP contribution in [0.4, 0.5) is 0 Å². The number of aliphatic hydroxyl groups is 1. The average molecular weight is 554 g/mol. The maximum Gasteiger partial charge on any atom is 0.219 e. The van der Waals surface area contributed by atoms with Gasteiger partial charge in [0.05, 0.1) is 0 Å². The summed E-state index contributed by atoms with van der Waals surface area (Å²) in [6.45, 7) is 7.39. The van der Waals surface area contributed by atoms with Crippen LogP contribution in [0.15, 0.2) is 0 Å². The zero-order valence-electron chi connectivity index (χ0n) is 27.5. The van der Waals surface area contributed by atoms with Crippen molar-refractivity contribution in [1.82, 2.24) is 5.32 Å². The van der Waals surface area contributed by atoms with Gasteiger partial charge >= 0.3 is 0 Å². The van der Waals surface area contributed by atoms with Crippen molar-refractivity contribution in [3.05, 3.63) is 0 Å². The van der Waals surface area contributed by atoms with Gasteiger partial charge in [-0.3, -0.25) is 4.79 Å². The molecule has 0 aromatic carbocycles. The Hall–Kier alpha value is -0.570. The highest BCUT2D eigenvalue weighted by Crippen LogP contribution is 2.15.